The summed E-state index contributed by atoms with van der Waals surface area (Å²) in [6.07, 6.45) is 7.15. The van der Waals surface area contributed by atoms with Crippen LogP contribution in [0.5, 0.6) is 0 Å². The first-order valence-electron chi connectivity index (χ1n) is 6.91. The van der Waals surface area contributed by atoms with Crippen LogP contribution in [0.25, 0.3) is 0 Å². The third kappa shape index (κ3) is 2.58. The fourth-order valence-electron chi connectivity index (χ4n) is 3.05. The second-order valence-electron chi connectivity index (χ2n) is 5.88. The van der Waals surface area contributed by atoms with Crippen molar-refractivity contribution < 1.29 is 4.74 Å². The van der Waals surface area contributed by atoms with Crippen LogP contribution in [0.4, 0.5) is 0 Å². The molecule has 1 saturated carbocycles. The van der Waals surface area contributed by atoms with Crippen LogP contribution in [0.2, 0.25) is 0 Å². The Morgan fingerprint density at radius 2 is 1.94 bits per heavy atom. The van der Waals surface area contributed by atoms with Crippen molar-refractivity contribution in [3.63, 3.8) is 0 Å². The van der Waals surface area contributed by atoms with E-state index in [2.05, 4.69) is 10.2 Å². The summed E-state index contributed by atoms with van der Waals surface area (Å²) in [5, 5.41) is 3.37. The molecule has 2 heterocycles. The van der Waals surface area contributed by atoms with Crippen molar-refractivity contribution >= 4 is 0 Å². The van der Waals surface area contributed by atoms with E-state index in [-0.39, 0.29) is 0 Å². The molecule has 3 aliphatic rings. The minimum atomic E-state index is 0.535. The molecule has 0 bridgehead atoms. The predicted molar refractivity (Wildman–Crippen MR) is 64.6 cm³/mol. The van der Waals surface area contributed by atoms with Gasteiger partial charge in [0.15, 0.2) is 0 Å². The Labute approximate surface area is 98.5 Å². The highest BCUT2D eigenvalue weighted by atomic mass is 16.5. The van der Waals surface area contributed by atoms with E-state index in [0.717, 1.165) is 25.1 Å². The Kier molecular flexibility index (Phi) is 3.18. The molecule has 0 aromatic carbocycles. The van der Waals surface area contributed by atoms with Crippen molar-refractivity contribution in [2.45, 2.75) is 38.2 Å². The van der Waals surface area contributed by atoms with Gasteiger partial charge in [-0.25, -0.2) is 0 Å². The van der Waals surface area contributed by atoms with E-state index < -0.39 is 0 Å². The van der Waals surface area contributed by atoms with Gasteiger partial charge in [-0.05, 0) is 50.6 Å². The van der Waals surface area contributed by atoms with Crippen LogP contribution in [-0.2, 0) is 4.74 Å². The van der Waals surface area contributed by atoms with Crippen molar-refractivity contribution in [1.29, 1.82) is 0 Å². The lowest BCUT2D eigenvalue weighted by molar-refractivity contribution is 0.0166. The van der Waals surface area contributed by atoms with E-state index in [4.69, 9.17) is 4.74 Å². The van der Waals surface area contributed by atoms with Crippen LogP contribution in [-0.4, -0.2) is 50.3 Å². The van der Waals surface area contributed by atoms with Gasteiger partial charge in [-0.15, -0.1) is 0 Å². The highest BCUT2D eigenvalue weighted by Gasteiger charge is 2.51. The van der Waals surface area contributed by atoms with Crippen LogP contribution in [0.3, 0.4) is 0 Å². The van der Waals surface area contributed by atoms with Crippen molar-refractivity contribution in [1.82, 2.24) is 10.2 Å². The van der Waals surface area contributed by atoms with Gasteiger partial charge in [-0.1, -0.05) is 0 Å². The number of nitrogens with zero attached hydrogens (tertiary/aromatic N) is 1. The van der Waals surface area contributed by atoms with Gasteiger partial charge < -0.3 is 15.0 Å². The summed E-state index contributed by atoms with van der Waals surface area (Å²) in [5.41, 5.74) is 0.815. The third-order valence-corrected chi connectivity index (χ3v) is 4.33. The lowest BCUT2D eigenvalue weighted by Crippen LogP contribution is -2.48. The summed E-state index contributed by atoms with van der Waals surface area (Å²) in [5.74, 6) is 0. The van der Waals surface area contributed by atoms with Gasteiger partial charge in [0.2, 0.25) is 0 Å². The lowest BCUT2D eigenvalue weighted by atomic mass is 9.97. The molecule has 0 unspecified atom stereocenters. The Bertz CT molecular complexity index is 226. The first kappa shape index (κ1) is 11.0. The van der Waals surface area contributed by atoms with Crippen molar-refractivity contribution in [2.75, 3.05) is 39.3 Å². The normalized spacial score (nSPS) is 29.2. The molecule has 1 spiro atoms. The first-order valence-corrected chi connectivity index (χ1v) is 6.91. The molecule has 0 aromatic rings. The average Bonchev–Trinajstić information content (AvgIpc) is 3.05. The molecule has 92 valence electrons. The van der Waals surface area contributed by atoms with Crippen molar-refractivity contribution in [3.8, 4) is 0 Å². The molecule has 0 radical (unpaired) electrons. The maximum absolute atomic E-state index is 5.90. The average molecular weight is 224 g/mol. The van der Waals surface area contributed by atoms with Crippen LogP contribution < -0.4 is 5.32 Å². The van der Waals surface area contributed by atoms with Crippen LogP contribution in [0.15, 0.2) is 0 Å². The number of hydrogen-bond acceptors (Lipinski definition) is 3. The molecule has 1 N–H and O–H groups in total. The largest absolute Gasteiger partial charge is 0.378 e. The van der Waals surface area contributed by atoms with Gasteiger partial charge >= 0.3 is 0 Å². The fraction of sp³-hybridized carbons (Fsp3) is 1.00. The summed E-state index contributed by atoms with van der Waals surface area (Å²) < 4.78 is 5.90. The molecule has 0 atom stereocenters. The van der Waals surface area contributed by atoms with E-state index in [9.17, 15) is 0 Å². The Balaban J connectivity index is 1.21. The van der Waals surface area contributed by atoms with Crippen LogP contribution in [0.1, 0.15) is 32.1 Å². The zero-order valence-corrected chi connectivity index (χ0v) is 10.2. The van der Waals surface area contributed by atoms with E-state index in [0.29, 0.717) is 6.10 Å². The number of nitrogens with one attached hydrogen (secondary N) is 1. The smallest absolute Gasteiger partial charge is 0.0599 e. The first-order chi connectivity index (χ1) is 7.86. The quantitative estimate of drug-likeness (QED) is 0.711. The highest BCUT2D eigenvalue weighted by Crippen LogP contribution is 2.52. The Morgan fingerprint density at radius 3 is 2.62 bits per heavy atom. The maximum atomic E-state index is 5.90. The van der Waals surface area contributed by atoms with Gasteiger partial charge in [0.25, 0.3) is 0 Å². The summed E-state index contributed by atoms with van der Waals surface area (Å²) in [4.78, 5) is 2.60. The second kappa shape index (κ2) is 4.63. The van der Waals surface area contributed by atoms with E-state index in [1.54, 1.807) is 0 Å². The minimum absolute atomic E-state index is 0.535. The summed E-state index contributed by atoms with van der Waals surface area (Å²) in [7, 11) is 0. The monoisotopic (exact) mass is 224 g/mol. The van der Waals surface area contributed by atoms with Gasteiger partial charge in [0.1, 0.15) is 0 Å². The molecule has 3 heteroatoms. The van der Waals surface area contributed by atoms with Crippen molar-refractivity contribution in [3.05, 3.63) is 0 Å². The molecule has 2 saturated heterocycles. The molecular weight excluding hydrogens is 200 g/mol. The number of likely N-dealkylation sites (tertiary alicyclic amines) is 1. The third-order valence-electron chi connectivity index (χ3n) is 4.33. The molecule has 1 aliphatic carbocycles. The van der Waals surface area contributed by atoms with E-state index >= 15 is 0 Å². The topological polar surface area (TPSA) is 24.5 Å². The lowest BCUT2D eigenvalue weighted by Gasteiger charge is -2.40. The number of piperidine rings is 1. The Morgan fingerprint density at radius 1 is 1.19 bits per heavy atom. The van der Waals surface area contributed by atoms with E-state index in [1.807, 2.05) is 0 Å². The fourth-order valence-corrected chi connectivity index (χ4v) is 3.05. The highest BCUT2D eigenvalue weighted by molar-refractivity contribution is 5.04. The molecule has 3 nitrogen and oxygen atoms in total. The zero-order chi connectivity index (χ0) is 10.8. The number of rotatable bonds is 5. The molecule has 3 rings (SSSR count). The number of ether oxygens (including phenoxy) is 1. The maximum Gasteiger partial charge on any atom is 0.0599 e. The van der Waals surface area contributed by atoms with Gasteiger partial charge in [0, 0.05) is 26.2 Å². The Hall–Kier alpha value is -0.120. The summed E-state index contributed by atoms with van der Waals surface area (Å²) >= 11 is 0. The number of hydrogen-bond donors (Lipinski definition) is 1. The van der Waals surface area contributed by atoms with Crippen LogP contribution in [0, 0.1) is 5.41 Å². The van der Waals surface area contributed by atoms with Gasteiger partial charge in [0.05, 0.1) is 6.10 Å². The van der Waals surface area contributed by atoms with Gasteiger partial charge in [-0.3, -0.25) is 0 Å². The SMILES string of the molecule is C(COC1CCNCC1)CN1CC2(CC2)C1. The second-order valence-corrected chi connectivity index (χ2v) is 5.88. The molecular formula is C13H24N2O. The standard InChI is InChI=1S/C13H24N2O/c1(8-15-10-13(11-15)4-5-13)9-16-12-2-6-14-7-3-12/h12,14H,1-11H2. The van der Waals surface area contributed by atoms with Crippen LogP contribution >= 0.6 is 0 Å². The molecule has 16 heavy (non-hydrogen) atoms. The summed E-state index contributed by atoms with van der Waals surface area (Å²) in [6, 6.07) is 0. The molecule has 2 aliphatic heterocycles. The summed E-state index contributed by atoms with van der Waals surface area (Å²) in [6.45, 7) is 7.25. The molecule has 3 fully saturated rings. The molecule has 0 aromatic heterocycles. The molecule has 0 amide bonds. The van der Waals surface area contributed by atoms with E-state index in [1.165, 1.54) is 51.7 Å². The van der Waals surface area contributed by atoms with Crippen molar-refractivity contribution in [2.24, 2.45) is 5.41 Å². The predicted octanol–water partition coefficient (Wildman–Crippen LogP) is 1.24. The zero-order valence-electron chi connectivity index (χ0n) is 10.2. The minimum Gasteiger partial charge on any atom is -0.378 e. The van der Waals surface area contributed by atoms with Gasteiger partial charge in [-0.2, -0.15) is 0 Å².